The van der Waals surface area contributed by atoms with E-state index >= 15 is 0 Å². The molecule has 1 heterocycles. The van der Waals surface area contributed by atoms with E-state index in [0.29, 0.717) is 12.2 Å². The van der Waals surface area contributed by atoms with Crippen molar-refractivity contribution in [2.75, 3.05) is 0 Å². The van der Waals surface area contributed by atoms with Crippen molar-refractivity contribution in [2.24, 2.45) is 0 Å². The van der Waals surface area contributed by atoms with Crippen LogP contribution < -0.4 is 10.6 Å². The van der Waals surface area contributed by atoms with E-state index in [-0.39, 0.29) is 18.0 Å². The van der Waals surface area contributed by atoms with E-state index < -0.39 is 6.04 Å². The van der Waals surface area contributed by atoms with Crippen molar-refractivity contribution < 1.29 is 4.79 Å². The molecule has 1 saturated carbocycles. The van der Waals surface area contributed by atoms with Crippen LogP contribution in [0.25, 0.3) is 0 Å². The maximum absolute atomic E-state index is 13.5. The molecule has 5 heteroatoms. The topological polar surface area (TPSA) is 66.9 Å². The third-order valence-corrected chi connectivity index (χ3v) is 6.12. The first-order chi connectivity index (χ1) is 15.7. The molecule has 1 aromatic heterocycles. The van der Waals surface area contributed by atoms with Gasteiger partial charge in [-0.3, -0.25) is 10.1 Å². The Labute approximate surface area is 190 Å². The lowest BCUT2D eigenvalue weighted by molar-refractivity contribution is -0.124. The number of carbonyl (C=O) groups excluding carboxylic acids is 1. The smallest absolute Gasteiger partial charge is 0.237 e. The molecular weight excluding hydrogens is 396 g/mol. The van der Waals surface area contributed by atoms with Crippen molar-refractivity contribution in [1.82, 2.24) is 20.6 Å². The van der Waals surface area contributed by atoms with Gasteiger partial charge in [-0.25, -0.2) is 9.97 Å². The van der Waals surface area contributed by atoms with Crippen LogP contribution in [-0.2, 0) is 11.2 Å². The summed E-state index contributed by atoms with van der Waals surface area (Å²) < 4.78 is 0. The lowest BCUT2D eigenvalue weighted by Gasteiger charge is -2.28. The van der Waals surface area contributed by atoms with Gasteiger partial charge in [0, 0.05) is 17.9 Å². The van der Waals surface area contributed by atoms with Crippen molar-refractivity contribution >= 4 is 5.91 Å². The van der Waals surface area contributed by atoms with Crippen molar-refractivity contribution in [3.8, 4) is 0 Å². The largest absolute Gasteiger partial charge is 0.352 e. The minimum atomic E-state index is -0.395. The fourth-order valence-electron chi connectivity index (χ4n) is 4.40. The molecule has 3 aromatic rings. The molecule has 2 atom stereocenters. The first kappa shape index (κ1) is 22.2. The number of carbonyl (C=O) groups is 1. The standard InChI is InChI=1S/C27H32N4O/c1-20-17-18-28-26(29-20)25(22-13-7-3-8-14-22)31-24(19-21-11-5-2-6-12-21)27(32)30-23-15-9-4-10-16-23/h2-3,5-8,11-14,17-18,23-25,31H,4,9-10,15-16,19H2,1H3,(H,30,32)/t24-,25-/m0/s1. The van der Waals surface area contributed by atoms with Crippen molar-refractivity contribution in [3.05, 3.63) is 95.6 Å². The Kier molecular flexibility index (Phi) is 7.62. The summed E-state index contributed by atoms with van der Waals surface area (Å²) in [5, 5.41) is 6.93. The van der Waals surface area contributed by atoms with Crippen LogP contribution in [-0.4, -0.2) is 28.0 Å². The molecule has 1 fully saturated rings. The van der Waals surface area contributed by atoms with Gasteiger partial charge in [0.1, 0.15) is 5.82 Å². The number of hydrogen-bond acceptors (Lipinski definition) is 4. The number of hydrogen-bond donors (Lipinski definition) is 2. The van der Waals surface area contributed by atoms with Crippen LogP contribution in [0.4, 0.5) is 0 Å². The summed E-state index contributed by atoms with van der Waals surface area (Å²) >= 11 is 0. The Hall–Kier alpha value is -3.05. The highest BCUT2D eigenvalue weighted by atomic mass is 16.2. The van der Waals surface area contributed by atoms with Crippen LogP contribution in [0.5, 0.6) is 0 Å². The molecule has 1 aliphatic carbocycles. The van der Waals surface area contributed by atoms with E-state index in [1.165, 1.54) is 19.3 Å². The summed E-state index contributed by atoms with van der Waals surface area (Å²) in [5.41, 5.74) is 3.08. The number of nitrogens with zero attached hydrogens (tertiary/aromatic N) is 2. The molecular formula is C27H32N4O. The number of nitrogens with one attached hydrogen (secondary N) is 2. The summed E-state index contributed by atoms with van der Waals surface area (Å²) in [7, 11) is 0. The van der Waals surface area contributed by atoms with Gasteiger partial charge >= 0.3 is 0 Å². The Balaban J connectivity index is 1.62. The molecule has 32 heavy (non-hydrogen) atoms. The van der Waals surface area contributed by atoms with Gasteiger partial charge in [-0.1, -0.05) is 79.9 Å². The molecule has 2 N–H and O–H groups in total. The maximum atomic E-state index is 13.5. The summed E-state index contributed by atoms with van der Waals surface area (Å²) in [6.07, 6.45) is 8.15. The molecule has 5 nitrogen and oxygen atoms in total. The molecule has 0 saturated heterocycles. The first-order valence-corrected chi connectivity index (χ1v) is 11.6. The number of aryl methyl sites for hydroxylation is 1. The maximum Gasteiger partial charge on any atom is 0.237 e. The molecule has 0 radical (unpaired) electrons. The zero-order valence-electron chi connectivity index (χ0n) is 18.7. The van der Waals surface area contributed by atoms with Gasteiger partial charge in [0.2, 0.25) is 5.91 Å². The second-order valence-corrected chi connectivity index (χ2v) is 8.65. The summed E-state index contributed by atoms with van der Waals surface area (Å²) in [5.74, 6) is 0.731. The number of amides is 1. The Morgan fingerprint density at radius 3 is 2.34 bits per heavy atom. The fraction of sp³-hybridized carbons (Fsp3) is 0.370. The third-order valence-electron chi connectivity index (χ3n) is 6.12. The van der Waals surface area contributed by atoms with Gasteiger partial charge < -0.3 is 5.32 Å². The van der Waals surface area contributed by atoms with E-state index in [9.17, 15) is 4.79 Å². The van der Waals surface area contributed by atoms with Gasteiger partial charge in [0.15, 0.2) is 0 Å². The molecule has 0 unspecified atom stereocenters. The lowest BCUT2D eigenvalue weighted by Crippen LogP contribution is -2.50. The molecule has 0 bridgehead atoms. The van der Waals surface area contributed by atoms with E-state index in [0.717, 1.165) is 29.7 Å². The van der Waals surface area contributed by atoms with Crippen LogP contribution in [0, 0.1) is 6.92 Å². The van der Waals surface area contributed by atoms with Crippen LogP contribution in [0.3, 0.4) is 0 Å². The minimum absolute atomic E-state index is 0.0503. The molecule has 1 amide bonds. The van der Waals surface area contributed by atoms with Crippen molar-refractivity contribution in [2.45, 2.75) is 63.6 Å². The van der Waals surface area contributed by atoms with Crippen LogP contribution in [0.2, 0.25) is 0 Å². The van der Waals surface area contributed by atoms with Gasteiger partial charge in [-0.2, -0.15) is 0 Å². The highest BCUT2D eigenvalue weighted by Gasteiger charge is 2.28. The lowest BCUT2D eigenvalue weighted by atomic mass is 9.94. The zero-order chi connectivity index (χ0) is 22.2. The summed E-state index contributed by atoms with van der Waals surface area (Å²) in [4.78, 5) is 22.7. The predicted molar refractivity (Wildman–Crippen MR) is 127 cm³/mol. The Morgan fingerprint density at radius 2 is 1.66 bits per heavy atom. The van der Waals surface area contributed by atoms with E-state index in [1.807, 2.05) is 49.4 Å². The van der Waals surface area contributed by atoms with E-state index in [1.54, 1.807) is 6.20 Å². The fourth-order valence-corrected chi connectivity index (χ4v) is 4.40. The number of rotatable bonds is 8. The zero-order valence-corrected chi connectivity index (χ0v) is 18.7. The number of aromatic nitrogens is 2. The quantitative estimate of drug-likeness (QED) is 0.553. The summed E-state index contributed by atoms with van der Waals surface area (Å²) in [6.45, 7) is 1.96. The monoisotopic (exact) mass is 428 g/mol. The van der Waals surface area contributed by atoms with Crippen LogP contribution >= 0.6 is 0 Å². The number of benzene rings is 2. The van der Waals surface area contributed by atoms with Gasteiger partial charge in [0.05, 0.1) is 12.1 Å². The first-order valence-electron chi connectivity index (χ1n) is 11.6. The highest BCUT2D eigenvalue weighted by Crippen LogP contribution is 2.22. The summed E-state index contributed by atoms with van der Waals surface area (Å²) in [6, 6.07) is 21.8. The molecule has 1 aliphatic rings. The minimum Gasteiger partial charge on any atom is -0.352 e. The normalized spacial score (nSPS) is 16.3. The van der Waals surface area contributed by atoms with Crippen LogP contribution in [0.1, 0.15) is 60.8 Å². The van der Waals surface area contributed by atoms with E-state index in [4.69, 9.17) is 0 Å². The predicted octanol–water partition coefficient (Wildman–Crippen LogP) is 4.52. The molecule has 166 valence electrons. The average molecular weight is 429 g/mol. The van der Waals surface area contributed by atoms with Crippen LogP contribution in [0.15, 0.2) is 72.9 Å². The Morgan fingerprint density at radius 1 is 0.969 bits per heavy atom. The van der Waals surface area contributed by atoms with Gasteiger partial charge in [-0.15, -0.1) is 0 Å². The van der Waals surface area contributed by atoms with Crippen molar-refractivity contribution in [3.63, 3.8) is 0 Å². The van der Waals surface area contributed by atoms with Gasteiger partial charge in [0.25, 0.3) is 0 Å². The second kappa shape index (κ2) is 11.0. The highest BCUT2D eigenvalue weighted by molar-refractivity contribution is 5.82. The third kappa shape index (κ3) is 6.01. The molecule has 4 rings (SSSR count). The van der Waals surface area contributed by atoms with E-state index in [2.05, 4.69) is 44.9 Å². The molecule has 0 aliphatic heterocycles. The SMILES string of the molecule is Cc1ccnc([C@@H](N[C@@H](Cc2ccccc2)C(=O)NC2CCCCC2)c2ccccc2)n1. The second-order valence-electron chi connectivity index (χ2n) is 8.65. The van der Waals surface area contributed by atoms with Crippen molar-refractivity contribution in [1.29, 1.82) is 0 Å². The molecule has 0 spiro atoms. The average Bonchev–Trinajstić information content (AvgIpc) is 2.83. The molecule has 2 aromatic carbocycles. The van der Waals surface area contributed by atoms with Gasteiger partial charge in [-0.05, 0) is 43.4 Å². The Bertz CT molecular complexity index is 987.